The number of likely N-dealkylation sites (tertiary alicyclic amines) is 1. The van der Waals surface area contributed by atoms with Gasteiger partial charge in [0, 0.05) is 25.0 Å². The highest BCUT2D eigenvalue weighted by molar-refractivity contribution is 5.85. The van der Waals surface area contributed by atoms with Crippen LogP contribution in [0.15, 0.2) is 54.9 Å². The number of benzene rings is 1. The molecule has 1 aliphatic heterocycles. The lowest BCUT2D eigenvalue weighted by molar-refractivity contribution is -0.136. The molecule has 24 heavy (non-hydrogen) atoms. The number of amides is 1. The van der Waals surface area contributed by atoms with Gasteiger partial charge in [0.25, 0.3) is 0 Å². The van der Waals surface area contributed by atoms with Crippen LogP contribution >= 0.6 is 12.4 Å². The van der Waals surface area contributed by atoms with Crippen molar-refractivity contribution < 1.29 is 4.79 Å². The normalized spacial score (nSPS) is 19.4. The van der Waals surface area contributed by atoms with Crippen LogP contribution in [0.2, 0.25) is 0 Å². The van der Waals surface area contributed by atoms with E-state index in [0.29, 0.717) is 0 Å². The summed E-state index contributed by atoms with van der Waals surface area (Å²) in [5, 5.41) is 0. The second-order valence-corrected chi connectivity index (χ2v) is 6.20. The number of nitrogens with two attached hydrogens (primary N) is 1. The highest BCUT2D eigenvalue weighted by Gasteiger charge is 2.34. The summed E-state index contributed by atoms with van der Waals surface area (Å²) in [6.07, 6.45) is 5.61. The summed E-state index contributed by atoms with van der Waals surface area (Å²) in [5.74, 6) is -0.0968. The molecule has 2 heterocycles. The Hall–Kier alpha value is -1.91. The smallest absolute Gasteiger partial charge is 0.227 e. The van der Waals surface area contributed by atoms with Gasteiger partial charge in [-0.15, -0.1) is 12.4 Å². The van der Waals surface area contributed by atoms with Crippen LogP contribution in [0.5, 0.6) is 0 Å². The zero-order valence-electron chi connectivity index (χ0n) is 13.8. The molecule has 3 atom stereocenters. The molecule has 0 aliphatic carbocycles. The summed E-state index contributed by atoms with van der Waals surface area (Å²) in [7, 11) is 0. The summed E-state index contributed by atoms with van der Waals surface area (Å²) in [5.41, 5.74) is 8.50. The highest BCUT2D eigenvalue weighted by Crippen LogP contribution is 2.34. The van der Waals surface area contributed by atoms with Crippen LogP contribution in [0, 0.1) is 5.92 Å². The van der Waals surface area contributed by atoms with Crippen LogP contribution in [0.4, 0.5) is 0 Å². The Morgan fingerprint density at radius 3 is 2.54 bits per heavy atom. The average Bonchev–Trinajstić information content (AvgIpc) is 3.11. The Labute approximate surface area is 149 Å². The van der Waals surface area contributed by atoms with Crippen LogP contribution in [0.1, 0.15) is 43.0 Å². The number of rotatable bonds is 4. The largest absolute Gasteiger partial charge is 0.335 e. The molecule has 1 amide bonds. The Morgan fingerprint density at radius 1 is 1.21 bits per heavy atom. The first-order valence-electron chi connectivity index (χ1n) is 8.19. The first kappa shape index (κ1) is 18.4. The van der Waals surface area contributed by atoms with Crippen molar-refractivity contribution in [3.05, 3.63) is 66.0 Å². The summed E-state index contributed by atoms with van der Waals surface area (Å²) in [6, 6.07) is 13.7. The van der Waals surface area contributed by atoms with E-state index in [-0.39, 0.29) is 36.3 Å². The molecular formula is C19H24ClN3O. The third-order valence-electron chi connectivity index (χ3n) is 4.74. The van der Waals surface area contributed by atoms with Gasteiger partial charge in [-0.25, -0.2) is 0 Å². The van der Waals surface area contributed by atoms with E-state index >= 15 is 0 Å². The minimum absolute atomic E-state index is 0. The van der Waals surface area contributed by atoms with E-state index in [1.807, 2.05) is 54.3 Å². The van der Waals surface area contributed by atoms with Crippen molar-refractivity contribution in [3.8, 4) is 0 Å². The van der Waals surface area contributed by atoms with Crippen molar-refractivity contribution >= 4 is 18.3 Å². The number of hydrogen-bond acceptors (Lipinski definition) is 3. The highest BCUT2D eigenvalue weighted by atomic mass is 35.5. The first-order chi connectivity index (χ1) is 11.2. The Balaban J connectivity index is 0.00000208. The van der Waals surface area contributed by atoms with Crippen LogP contribution < -0.4 is 5.73 Å². The van der Waals surface area contributed by atoms with E-state index in [9.17, 15) is 4.79 Å². The van der Waals surface area contributed by atoms with Crippen molar-refractivity contribution in [2.45, 2.75) is 31.8 Å². The molecule has 4 nitrogen and oxygen atoms in total. The molecule has 2 N–H and O–H groups in total. The average molecular weight is 346 g/mol. The predicted molar refractivity (Wildman–Crippen MR) is 97.7 cm³/mol. The maximum Gasteiger partial charge on any atom is 0.227 e. The molecule has 1 saturated heterocycles. The lowest BCUT2D eigenvalue weighted by Gasteiger charge is -2.30. The monoisotopic (exact) mass is 345 g/mol. The van der Waals surface area contributed by atoms with E-state index in [4.69, 9.17) is 5.73 Å². The number of halogens is 1. The van der Waals surface area contributed by atoms with Crippen LogP contribution in [0.25, 0.3) is 0 Å². The predicted octanol–water partition coefficient (Wildman–Crippen LogP) is 3.50. The zero-order valence-corrected chi connectivity index (χ0v) is 14.7. The number of pyridine rings is 1. The maximum absolute atomic E-state index is 13.0. The van der Waals surface area contributed by atoms with Gasteiger partial charge in [-0.05, 0) is 36.1 Å². The van der Waals surface area contributed by atoms with Gasteiger partial charge < -0.3 is 10.6 Å². The molecule has 1 aliphatic rings. The van der Waals surface area contributed by atoms with Gasteiger partial charge in [0.2, 0.25) is 5.91 Å². The first-order valence-corrected chi connectivity index (χ1v) is 8.19. The van der Waals surface area contributed by atoms with Crippen LogP contribution in [-0.2, 0) is 4.79 Å². The van der Waals surface area contributed by atoms with E-state index in [1.54, 1.807) is 12.4 Å². The fraction of sp³-hybridized carbons (Fsp3) is 0.368. The number of aromatic nitrogens is 1. The topological polar surface area (TPSA) is 59.2 Å². The zero-order chi connectivity index (χ0) is 16.2. The Bertz CT molecular complexity index is 650. The van der Waals surface area contributed by atoms with E-state index < -0.39 is 0 Å². The van der Waals surface area contributed by atoms with Crippen molar-refractivity contribution in [2.75, 3.05) is 6.54 Å². The summed E-state index contributed by atoms with van der Waals surface area (Å²) >= 11 is 0. The van der Waals surface area contributed by atoms with Crippen LogP contribution in [0.3, 0.4) is 0 Å². The summed E-state index contributed by atoms with van der Waals surface area (Å²) < 4.78 is 0. The minimum atomic E-state index is -0.276. The molecule has 0 saturated carbocycles. The molecule has 3 rings (SSSR count). The molecule has 2 aromatic rings. The molecule has 5 heteroatoms. The second-order valence-electron chi connectivity index (χ2n) is 6.20. The van der Waals surface area contributed by atoms with Gasteiger partial charge in [0.1, 0.15) is 0 Å². The molecule has 1 aromatic carbocycles. The van der Waals surface area contributed by atoms with Gasteiger partial charge in [-0.3, -0.25) is 9.78 Å². The van der Waals surface area contributed by atoms with Crippen molar-refractivity contribution in [1.29, 1.82) is 0 Å². The molecule has 0 spiro atoms. The van der Waals surface area contributed by atoms with Crippen LogP contribution in [-0.4, -0.2) is 22.3 Å². The number of carbonyl (C=O) groups excluding carboxylic acids is 1. The third-order valence-corrected chi connectivity index (χ3v) is 4.74. The quantitative estimate of drug-likeness (QED) is 0.922. The van der Waals surface area contributed by atoms with Gasteiger partial charge in [0.05, 0.1) is 12.0 Å². The molecule has 0 bridgehead atoms. The van der Waals surface area contributed by atoms with E-state index in [0.717, 1.165) is 30.5 Å². The molecule has 128 valence electrons. The Kier molecular flexibility index (Phi) is 6.35. The van der Waals surface area contributed by atoms with Gasteiger partial charge in [0.15, 0.2) is 0 Å². The maximum atomic E-state index is 13.0. The number of hydrogen-bond donors (Lipinski definition) is 1. The second kappa shape index (κ2) is 8.27. The molecular weight excluding hydrogens is 322 g/mol. The lowest BCUT2D eigenvalue weighted by atomic mass is 9.93. The van der Waals surface area contributed by atoms with Crippen molar-refractivity contribution in [3.63, 3.8) is 0 Å². The third kappa shape index (κ3) is 3.77. The number of nitrogens with zero attached hydrogens (tertiary/aromatic N) is 2. The summed E-state index contributed by atoms with van der Waals surface area (Å²) in [4.78, 5) is 19.0. The molecule has 0 radical (unpaired) electrons. The standard InChI is InChI=1S/C19H23N3O.ClH/c1-14(18(20)16-6-3-2-4-7-16)19(23)22-13-5-8-17(22)15-9-11-21-12-10-15;/h2-4,6-7,9-12,14,17-18H,5,8,13,20H2,1H3;1H. The minimum Gasteiger partial charge on any atom is -0.335 e. The number of carbonyl (C=O) groups is 1. The fourth-order valence-electron chi connectivity index (χ4n) is 3.34. The van der Waals surface area contributed by atoms with Gasteiger partial charge >= 0.3 is 0 Å². The van der Waals surface area contributed by atoms with Gasteiger partial charge in [-0.2, -0.15) is 0 Å². The molecule has 3 unspecified atom stereocenters. The molecule has 1 fully saturated rings. The van der Waals surface area contributed by atoms with E-state index in [1.165, 1.54) is 0 Å². The lowest BCUT2D eigenvalue weighted by Crippen LogP contribution is -2.39. The van der Waals surface area contributed by atoms with Crippen molar-refractivity contribution in [1.82, 2.24) is 9.88 Å². The fourth-order valence-corrected chi connectivity index (χ4v) is 3.34. The van der Waals surface area contributed by atoms with E-state index in [2.05, 4.69) is 4.98 Å². The van der Waals surface area contributed by atoms with Crippen molar-refractivity contribution in [2.24, 2.45) is 11.7 Å². The van der Waals surface area contributed by atoms with Gasteiger partial charge in [-0.1, -0.05) is 37.3 Å². The molecule has 1 aromatic heterocycles. The SMILES string of the molecule is CC(C(=O)N1CCCC1c1ccncc1)C(N)c1ccccc1.Cl. The Morgan fingerprint density at radius 2 is 1.88 bits per heavy atom. The summed E-state index contributed by atoms with van der Waals surface area (Å²) in [6.45, 7) is 2.74.